The highest BCUT2D eigenvalue weighted by molar-refractivity contribution is 5.01. The first-order valence-electron chi connectivity index (χ1n) is 4.91. The molecular formula is C11H20O. The van der Waals surface area contributed by atoms with Crippen LogP contribution in [0.15, 0.2) is 0 Å². The Morgan fingerprint density at radius 2 is 1.83 bits per heavy atom. The van der Waals surface area contributed by atoms with Crippen LogP contribution in [0.4, 0.5) is 0 Å². The largest absolute Gasteiger partial charge is 0.380 e. The van der Waals surface area contributed by atoms with E-state index in [2.05, 4.69) is 18.8 Å². The lowest BCUT2D eigenvalue weighted by atomic mass is 10.1. The van der Waals surface area contributed by atoms with Crippen LogP contribution in [0.5, 0.6) is 0 Å². The molecule has 0 aliphatic rings. The van der Waals surface area contributed by atoms with Gasteiger partial charge in [0.1, 0.15) is 6.10 Å². The van der Waals surface area contributed by atoms with Crippen LogP contribution < -0.4 is 0 Å². The van der Waals surface area contributed by atoms with Gasteiger partial charge in [-0.3, -0.25) is 0 Å². The Morgan fingerprint density at radius 1 is 1.17 bits per heavy atom. The second-order valence-electron chi connectivity index (χ2n) is 3.11. The Morgan fingerprint density at radius 3 is 2.42 bits per heavy atom. The molecule has 0 amide bonds. The summed E-state index contributed by atoms with van der Waals surface area (Å²) in [5.41, 5.74) is 0. The van der Waals surface area contributed by atoms with Crippen molar-refractivity contribution in [2.24, 2.45) is 0 Å². The number of hydrogen-bond acceptors (Lipinski definition) is 1. The van der Waals surface area contributed by atoms with Crippen molar-refractivity contribution in [3.05, 3.63) is 0 Å². The van der Waals surface area contributed by atoms with Gasteiger partial charge in [0.05, 0.1) is 0 Å². The van der Waals surface area contributed by atoms with Gasteiger partial charge in [-0.25, -0.2) is 0 Å². The van der Waals surface area contributed by atoms with E-state index >= 15 is 0 Å². The molecule has 0 heterocycles. The van der Waals surface area contributed by atoms with E-state index in [1.807, 2.05) is 0 Å². The first-order chi connectivity index (χ1) is 5.81. The number of aliphatic hydroxyl groups is 1. The summed E-state index contributed by atoms with van der Waals surface area (Å²) in [6, 6.07) is 0. The van der Waals surface area contributed by atoms with Crippen molar-refractivity contribution in [1.29, 1.82) is 0 Å². The van der Waals surface area contributed by atoms with Crippen molar-refractivity contribution in [3.63, 3.8) is 0 Å². The van der Waals surface area contributed by atoms with E-state index in [-0.39, 0.29) is 0 Å². The smallest absolute Gasteiger partial charge is 0.114 e. The maximum Gasteiger partial charge on any atom is 0.114 e. The highest BCUT2D eigenvalue weighted by atomic mass is 16.3. The van der Waals surface area contributed by atoms with Crippen molar-refractivity contribution < 1.29 is 5.11 Å². The van der Waals surface area contributed by atoms with Crippen LogP contribution in [0.1, 0.15) is 52.4 Å². The van der Waals surface area contributed by atoms with Gasteiger partial charge in [-0.05, 0) is 19.8 Å². The van der Waals surface area contributed by atoms with E-state index in [0.717, 1.165) is 12.8 Å². The Kier molecular flexibility index (Phi) is 8.27. The zero-order valence-electron chi connectivity index (χ0n) is 8.27. The summed E-state index contributed by atoms with van der Waals surface area (Å²) in [4.78, 5) is 0. The van der Waals surface area contributed by atoms with E-state index < -0.39 is 6.10 Å². The Bertz CT molecular complexity index is 141. The highest BCUT2D eigenvalue weighted by Gasteiger charge is 1.97. The normalized spacial score (nSPS) is 11.9. The van der Waals surface area contributed by atoms with Crippen molar-refractivity contribution >= 4 is 0 Å². The van der Waals surface area contributed by atoms with E-state index in [0.29, 0.717) is 0 Å². The third-order valence-electron chi connectivity index (χ3n) is 1.89. The van der Waals surface area contributed by atoms with Crippen molar-refractivity contribution in [3.8, 4) is 11.8 Å². The summed E-state index contributed by atoms with van der Waals surface area (Å²) in [6.07, 6.45) is 6.67. The van der Waals surface area contributed by atoms with Gasteiger partial charge in [0.15, 0.2) is 0 Å². The molecule has 0 rings (SSSR count). The van der Waals surface area contributed by atoms with Crippen molar-refractivity contribution in [1.82, 2.24) is 0 Å². The van der Waals surface area contributed by atoms with Gasteiger partial charge < -0.3 is 5.11 Å². The molecule has 0 aliphatic carbocycles. The third-order valence-corrected chi connectivity index (χ3v) is 1.89. The quantitative estimate of drug-likeness (QED) is 0.477. The van der Waals surface area contributed by atoms with Crippen LogP contribution in [-0.2, 0) is 0 Å². The van der Waals surface area contributed by atoms with E-state index in [9.17, 15) is 5.11 Å². The molecule has 1 N–H and O–H groups in total. The van der Waals surface area contributed by atoms with Gasteiger partial charge in [-0.2, -0.15) is 0 Å². The number of rotatable bonds is 6. The van der Waals surface area contributed by atoms with Gasteiger partial charge in [0, 0.05) is 0 Å². The minimum Gasteiger partial charge on any atom is -0.380 e. The first kappa shape index (κ1) is 11.5. The second kappa shape index (κ2) is 8.62. The summed E-state index contributed by atoms with van der Waals surface area (Å²) in [7, 11) is 0. The molecule has 1 heteroatoms. The molecule has 0 spiro atoms. The fourth-order valence-electron chi connectivity index (χ4n) is 1.18. The predicted octanol–water partition coefficient (Wildman–Crippen LogP) is 2.73. The monoisotopic (exact) mass is 168 g/mol. The molecule has 0 fully saturated rings. The maximum atomic E-state index is 9.23. The van der Waals surface area contributed by atoms with Crippen LogP contribution in [0.3, 0.4) is 0 Å². The number of unbranched alkanes of at least 4 members (excludes halogenated alkanes) is 4. The minimum absolute atomic E-state index is 0.392. The molecule has 12 heavy (non-hydrogen) atoms. The minimum atomic E-state index is -0.392. The van der Waals surface area contributed by atoms with E-state index in [1.54, 1.807) is 6.92 Å². The summed E-state index contributed by atoms with van der Waals surface area (Å²) in [5, 5.41) is 9.23. The van der Waals surface area contributed by atoms with E-state index in [1.165, 1.54) is 25.7 Å². The molecule has 0 aliphatic heterocycles. The lowest BCUT2D eigenvalue weighted by Crippen LogP contribution is -2.01. The van der Waals surface area contributed by atoms with Crippen LogP contribution in [0.2, 0.25) is 0 Å². The molecule has 0 saturated heterocycles. The zero-order valence-corrected chi connectivity index (χ0v) is 8.27. The average molecular weight is 168 g/mol. The lowest BCUT2D eigenvalue weighted by molar-refractivity contribution is 0.217. The van der Waals surface area contributed by atoms with E-state index in [4.69, 9.17) is 0 Å². The molecule has 1 nitrogen and oxygen atoms in total. The van der Waals surface area contributed by atoms with Crippen LogP contribution in [0, 0.1) is 11.8 Å². The summed E-state index contributed by atoms with van der Waals surface area (Å²) in [6.45, 7) is 3.97. The molecule has 0 saturated carbocycles. The van der Waals surface area contributed by atoms with Gasteiger partial charge in [0.2, 0.25) is 0 Å². The molecule has 0 bridgehead atoms. The molecule has 0 aromatic carbocycles. The van der Waals surface area contributed by atoms with Crippen molar-refractivity contribution in [2.75, 3.05) is 0 Å². The Hall–Kier alpha value is -0.480. The molecule has 1 atom stereocenters. The number of aliphatic hydroxyl groups excluding tert-OH is 1. The van der Waals surface area contributed by atoms with Gasteiger partial charge in [0.25, 0.3) is 0 Å². The summed E-state index contributed by atoms with van der Waals surface area (Å²) in [5.74, 6) is 5.46. The van der Waals surface area contributed by atoms with Crippen LogP contribution in [-0.4, -0.2) is 11.2 Å². The Balaban J connectivity index is 3.12. The van der Waals surface area contributed by atoms with Crippen LogP contribution >= 0.6 is 0 Å². The number of hydrogen-bond donors (Lipinski definition) is 1. The molecule has 70 valence electrons. The predicted molar refractivity (Wildman–Crippen MR) is 52.8 cm³/mol. The zero-order chi connectivity index (χ0) is 9.23. The first-order valence-corrected chi connectivity index (χ1v) is 4.91. The summed E-state index contributed by atoms with van der Waals surface area (Å²) < 4.78 is 0. The van der Waals surface area contributed by atoms with Gasteiger partial charge in [-0.1, -0.05) is 38.5 Å². The topological polar surface area (TPSA) is 20.2 Å². The van der Waals surface area contributed by atoms with Crippen LogP contribution in [0.25, 0.3) is 0 Å². The average Bonchev–Trinajstić information content (AvgIpc) is 2.05. The standard InChI is InChI=1S/C11H20O/c1-3-5-6-7-8-10-11(12)9-4-2/h11-12H,3,5-8,10H2,1-2H3/t11-/m0/s1. The molecule has 0 radical (unpaired) electrons. The van der Waals surface area contributed by atoms with Gasteiger partial charge >= 0.3 is 0 Å². The summed E-state index contributed by atoms with van der Waals surface area (Å²) >= 11 is 0. The van der Waals surface area contributed by atoms with Gasteiger partial charge in [-0.15, -0.1) is 5.92 Å². The molecule has 0 aromatic heterocycles. The molecular weight excluding hydrogens is 148 g/mol. The Labute approximate surface area is 76.2 Å². The fourth-order valence-corrected chi connectivity index (χ4v) is 1.18. The lowest BCUT2D eigenvalue weighted by Gasteiger charge is -2.02. The second-order valence-corrected chi connectivity index (χ2v) is 3.11. The maximum absolute atomic E-state index is 9.23. The van der Waals surface area contributed by atoms with Crippen molar-refractivity contribution in [2.45, 2.75) is 58.5 Å². The highest BCUT2D eigenvalue weighted by Crippen LogP contribution is 2.06. The molecule has 0 aromatic rings. The third kappa shape index (κ3) is 7.63. The molecule has 0 unspecified atom stereocenters. The SMILES string of the molecule is CC#C[C@H](O)CCCCCCC. The fraction of sp³-hybridized carbons (Fsp3) is 0.818.